The third-order valence-corrected chi connectivity index (χ3v) is 3.22. The Morgan fingerprint density at radius 1 is 1.25 bits per heavy atom. The van der Waals surface area contributed by atoms with Crippen LogP contribution in [0.1, 0.15) is 42.5 Å². The summed E-state index contributed by atoms with van der Waals surface area (Å²) < 4.78 is 6.60. The van der Waals surface area contributed by atoms with Crippen molar-refractivity contribution in [2.75, 3.05) is 7.11 Å². The Morgan fingerprint density at radius 3 is 2.45 bits per heavy atom. The fraction of sp³-hybridized carbons (Fsp3) is 0.375. The minimum atomic E-state index is -0.414. The van der Waals surface area contributed by atoms with Crippen LogP contribution in [0.5, 0.6) is 0 Å². The molecule has 0 bridgehead atoms. The van der Waals surface area contributed by atoms with E-state index in [9.17, 15) is 4.79 Å². The number of hydrogen-bond acceptors (Lipinski definition) is 3. The van der Waals surface area contributed by atoms with Crippen LogP contribution in [0, 0.1) is 6.92 Å². The predicted octanol–water partition coefficient (Wildman–Crippen LogP) is 3.26. The average molecular weight is 272 g/mol. The zero-order chi connectivity index (χ0) is 14.9. The number of para-hydroxylation sites is 1. The maximum Gasteiger partial charge on any atom is 0.358 e. The van der Waals surface area contributed by atoms with Gasteiger partial charge >= 0.3 is 5.97 Å². The lowest BCUT2D eigenvalue weighted by atomic mass is 9.91. The van der Waals surface area contributed by atoms with E-state index in [0.717, 1.165) is 16.9 Å². The first-order valence-electron chi connectivity index (χ1n) is 6.59. The van der Waals surface area contributed by atoms with Crippen LogP contribution >= 0.6 is 0 Å². The molecule has 1 aromatic carbocycles. The third-order valence-electron chi connectivity index (χ3n) is 3.22. The van der Waals surface area contributed by atoms with Crippen LogP contribution in [0.15, 0.2) is 30.3 Å². The number of aryl methyl sites for hydroxylation is 1. The zero-order valence-electron chi connectivity index (χ0n) is 12.6. The number of carbonyl (C=O) groups is 1. The molecule has 0 saturated heterocycles. The molecule has 106 valence electrons. The van der Waals surface area contributed by atoms with Gasteiger partial charge in [-0.1, -0.05) is 39.0 Å². The molecule has 4 nitrogen and oxygen atoms in total. The van der Waals surface area contributed by atoms with Crippen molar-refractivity contribution < 1.29 is 9.53 Å². The van der Waals surface area contributed by atoms with Gasteiger partial charge in [0.1, 0.15) is 0 Å². The fourth-order valence-electron chi connectivity index (χ4n) is 2.10. The summed E-state index contributed by atoms with van der Waals surface area (Å²) in [7, 11) is 1.37. The second-order valence-corrected chi connectivity index (χ2v) is 5.85. The van der Waals surface area contributed by atoms with Gasteiger partial charge in [0.05, 0.1) is 18.5 Å². The lowest BCUT2D eigenvalue weighted by molar-refractivity contribution is 0.0593. The van der Waals surface area contributed by atoms with E-state index in [1.54, 1.807) is 6.07 Å². The summed E-state index contributed by atoms with van der Waals surface area (Å²) in [5, 5.41) is 4.42. The van der Waals surface area contributed by atoms with Crippen LogP contribution in [-0.4, -0.2) is 22.9 Å². The summed E-state index contributed by atoms with van der Waals surface area (Å²) in [5.74, 6) is -0.414. The zero-order valence-corrected chi connectivity index (χ0v) is 12.6. The molecule has 0 radical (unpaired) electrons. The molecule has 2 rings (SSSR count). The molecule has 0 aliphatic heterocycles. The van der Waals surface area contributed by atoms with E-state index in [2.05, 4.69) is 25.9 Å². The van der Waals surface area contributed by atoms with Gasteiger partial charge < -0.3 is 4.74 Å². The van der Waals surface area contributed by atoms with Crippen LogP contribution in [0.4, 0.5) is 0 Å². The van der Waals surface area contributed by atoms with E-state index < -0.39 is 5.97 Å². The number of esters is 1. The van der Waals surface area contributed by atoms with Crippen molar-refractivity contribution in [3.05, 3.63) is 47.3 Å². The highest BCUT2D eigenvalue weighted by Gasteiger charge is 2.24. The maximum absolute atomic E-state index is 11.7. The molecule has 1 aromatic heterocycles. The molecule has 0 fully saturated rings. The van der Waals surface area contributed by atoms with Crippen LogP contribution in [-0.2, 0) is 10.2 Å². The highest BCUT2D eigenvalue weighted by atomic mass is 16.5. The van der Waals surface area contributed by atoms with Gasteiger partial charge in [-0.15, -0.1) is 0 Å². The highest BCUT2D eigenvalue weighted by Crippen LogP contribution is 2.27. The van der Waals surface area contributed by atoms with Crippen LogP contribution in [0.3, 0.4) is 0 Å². The van der Waals surface area contributed by atoms with Gasteiger partial charge in [-0.2, -0.15) is 5.10 Å². The fourth-order valence-corrected chi connectivity index (χ4v) is 2.10. The van der Waals surface area contributed by atoms with Crippen molar-refractivity contribution in [2.24, 2.45) is 0 Å². The number of ether oxygens (including phenoxy) is 1. The molecular formula is C16H20N2O2. The minimum Gasteiger partial charge on any atom is -0.464 e. The number of benzene rings is 1. The first-order valence-corrected chi connectivity index (χ1v) is 6.59. The Balaban J connectivity index is 2.65. The smallest absolute Gasteiger partial charge is 0.358 e. The summed E-state index contributed by atoms with van der Waals surface area (Å²) in [6, 6.07) is 9.78. The van der Waals surface area contributed by atoms with Gasteiger partial charge in [-0.05, 0) is 24.6 Å². The van der Waals surface area contributed by atoms with Crippen molar-refractivity contribution in [3.8, 4) is 5.69 Å². The second kappa shape index (κ2) is 5.12. The lowest BCUT2D eigenvalue weighted by Crippen LogP contribution is -2.17. The van der Waals surface area contributed by atoms with Gasteiger partial charge in [0.25, 0.3) is 0 Å². The Hall–Kier alpha value is -2.10. The number of hydrogen-bond donors (Lipinski definition) is 0. The Morgan fingerprint density at radius 2 is 1.90 bits per heavy atom. The monoisotopic (exact) mass is 272 g/mol. The summed E-state index contributed by atoms with van der Waals surface area (Å²) in [5.41, 5.74) is 3.28. The summed E-state index contributed by atoms with van der Waals surface area (Å²) in [4.78, 5) is 11.7. The predicted molar refractivity (Wildman–Crippen MR) is 78.3 cm³/mol. The normalized spacial score (nSPS) is 11.4. The highest BCUT2D eigenvalue weighted by molar-refractivity contribution is 5.87. The van der Waals surface area contributed by atoms with Gasteiger partial charge in [0.15, 0.2) is 5.69 Å². The molecule has 0 spiro atoms. The standard InChI is InChI=1S/C16H20N2O2/c1-11-8-6-7-9-13(11)18-14(16(2,3)4)10-12(17-18)15(19)20-5/h6-10H,1-5H3. The van der Waals surface area contributed by atoms with Crippen molar-refractivity contribution in [1.82, 2.24) is 9.78 Å². The minimum absolute atomic E-state index is 0.123. The average Bonchev–Trinajstić information content (AvgIpc) is 2.83. The number of methoxy groups -OCH3 is 1. The van der Waals surface area contributed by atoms with E-state index in [0.29, 0.717) is 5.69 Å². The molecule has 0 saturated carbocycles. The quantitative estimate of drug-likeness (QED) is 0.788. The van der Waals surface area contributed by atoms with Crippen molar-refractivity contribution in [2.45, 2.75) is 33.1 Å². The molecule has 4 heteroatoms. The Labute approximate surface area is 119 Å². The topological polar surface area (TPSA) is 44.1 Å². The lowest BCUT2D eigenvalue weighted by Gasteiger charge is -2.20. The van der Waals surface area contributed by atoms with E-state index in [1.165, 1.54) is 7.11 Å². The van der Waals surface area contributed by atoms with Crippen LogP contribution < -0.4 is 0 Å². The Kier molecular flexibility index (Phi) is 3.66. The van der Waals surface area contributed by atoms with Crippen molar-refractivity contribution >= 4 is 5.97 Å². The van der Waals surface area contributed by atoms with E-state index in [1.807, 2.05) is 35.9 Å². The molecule has 0 atom stereocenters. The number of carbonyl (C=O) groups excluding carboxylic acids is 1. The molecular weight excluding hydrogens is 252 g/mol. The molecule has 1 heterocycles. The van der Waals surface area contributed by atoms with Crippen molar-refractivity contribution in [3.63, 3.8) is 0 Å². The molecule has 0 aliphatic rings. The largest absolute Gasteiger partial charge is 0.464 e. The van der Waals surface area contributed by atoms with Gasteiger partial charge in [0, 0.05) is 5.41 Å². The maximum atomic E-state index is 11.7. The second-order valence-electron chi connectivity index (χ2n) is 5.85. The summed E-state index contributed by atoms with van der Waals surface area (Å²) >= 11 is 0. The molecule has 0 unspecified atom stereocenters. The van der Waals surface area contributed by atoms with Crippen molar-refractivity contribution in [1.29, 1.82) is 0 Å². The summed E-state index contributed by atoms with van der Waals surface area (Å²) in [6.45, 7) is 8.32. The van der Waals surface area contributed by atoms with Gasteiger partial charge in [0.2, 0.25) is 0 Å². The first kappa shape index (κ1) is 14.3. The van der Waals surface area contributed by atoms with Crippen LogP contribution in [0.25, 0.3) is 5.69 Å². The first-order chi connectivity index (χ1) is 9.34. The SMILES string of the molecule is COC(=O)c1cc(C(C)(C)C)n(-c2ccccc2C)n1. The van der Waals surface area contributed by atoms with Crippen LogP contribution in [0.2, 0.25) is 0 Å². The molecule has 2 aromatic rings. The summed E-state index contributed by atoms with van der Waals surface area (Å²) in [6.07, 6.45) is 0. The van der Waals surface area contributed by atoms with E-state index >= 15 is 0 Å². The number of aromatic nitrogens is 2. The van der Waals surface area contributed by atoms with Gasteiger partial charge in [-0.3, -0.25) is 0 Å². The molecule has 0 aliphatic carbocycles. The number of rotatable bonds is 2. The van der Waals surface area contributed by atoms with E-state index in [-0.39, 0.29) is 5.41 Å². The Bertz CT molecular complexity index is 636. The molecule has 20 heavy (non-hydrogen) atoms. The molecule has 0 N–H and O–H groups in total. The van der Waals surface area contributed by atoms with Gasteiger partial charge in [-0.25, -0.2) is 9.48 Å². The third kappa shape index (κ3) is 2.59. The van der Waals surface area contributed by atoms with E-state index in [4.69, 9.17) is 4.74 Å². The number of nitrogens with zero attached hydrogens (tertiary/aromatic N) is 2. The molecule has 0 amide bonds.